The first-order chi connectivity index (χ1) is 10.8. The maximum Gasteiger partial charge on any atom is 0.337 e. The Morgan fingerprint density at radius 2 is 1.70 bits per heavy atom. The van der Waals surface area contributed by atoms with E-state index in [1.165, 1.54) is 13.2 Å². The molecule has 2 aromatic carbocycles. The Balaban J connectivity index is 2.19. The number of methoxy groups -OCH3 is 1. The first-order valence-corrected chi connectivity index (χ1v) is 8.54. The number of carbonyl (C=O) groups is 1. The fourth-order valence-electron chi connectivity index (χ4n) is 2.27. The SMILES string of the molecule is COC(=O)c1cccc(CS(=O)(=O)Oc2cc(C)cc(C)c2)c1. The Kier molecular flexibility index (Phi) is 5.05. The summed E-state index contributed by atoms with van der Waals surface area (Å²) in [6, 6.07) is 11.5. The summed E-state index contributed by atoms with van der Waals surface area (Å²) in [6.45, 7) is 3.73. The van der Waals surface area contributed by atoms with Gasteiger partial charge in [-0.3, -0.25) is 0 Å². The molecule has 0 atom stereocenters. The second-order valence-corrected chi connectivity index (χ2v) is 6.87. The Morgan fingerprint density at radius 1 is 1.04 bits per heavy atom. The Bertz CT molecular complexity index is 804. The van der Waals surface area contributed by atoms with Crippen LogP contribution in [-0.4, -0.2) is 21.5 Å². The van der Waals surface area contributed by atoms with Gasteiger partial charge in [-0.25, -0.2) is 4.79 Å². The third-order valence-electron chi connectivity index (χ3n) is 3.11. The van der Waals surface area contributed by atoms with E-state index in [1.54, 1.807) is 30.3 Å². The van der Waals surface area contributed by atoms with E-state index in [-0.39, 0.29) is 11.5 Å². The van der Waals surface area contributed by atoms with Crippen molar-refractivity contribution in [1.82, 2.24) is 0 Å². The van der Waals surface area contributed by atoms with Crippen molar-refractivity contribution in [3.8, 4) is 5.75 Å². The van der Waals surface area contributed by atoms with Gasteiger partial charge >= 0.3 is 16.1 Å². The number of aryl methyl sites for hydroxylation is 2. The second kappa shape index (κ2) is 6.83. The van der Waals surface area contributed by atoms with Crippen LogP contribution >= 0.6 is 0 Å². The van der Waals surface area contributed by atoms with Crippen LogP contribution in [0.5, 0.6) is 5.75 Å². The van der Waals surface area contributed by atoms with Gasteiger partial charge in [0, 0.05) is 0 Å². The van der Waals surface area contributed by atoms with E-state index in [0.717, 1.165) is 11.1 Å². The van der Waals surface area contributed by atoms with Gasteiger partial charge < -0.3 is 8.92 Å². The van der Waals surface area contributed by atoms with Crippen molar-refractivity contribution in [3.63, 3.8) is 0 Å². The zero-order valence-corrected chi connectivity index (χ0v) is 14.0. The molecule has 6 heteroatoms. The molecule has 0 saturated carbocycles. The average Bonchev–Trinajstić information content (AvgIpc) is 2.44. The van der Waals surface area contributed by atoms with Gasteiger partial charge in [-0.05, 0) is 54.8 Å². The predicted octanol–water partition coefficient (Wildman–Crippen LogP) is 3.00. The highest BCUT2D eigenvalue weighted by Gasteiger charge is 2.16. The van der Waals surface area contributed by atoms with Crippen LogP contribution in [0.25, 0.3) is 0 Å². The topological polar surface area (TPSA) is 69.7 Å². The molecule has 0 aromatic heterocycles. The molecule has 0 amide bonds. The number of hydrogen-bond acceptors (Lipinski definition) is 5. The van der Waals surface area contributed by atoms with Crippen molar-refractivity contribution in [2.45, 2.75) is 19.6 Å². The van der Waals surface area contributed by atoms with Gasteiger partial charge in [0.15, 0.2) is 0 Å². The summed E-state index contributed by atoms with van der Waals surface area (Å²) in [7, 11) is -2.55. The molecular weight excluding hydrogens is 316 g/mol. The van der Waals surface area contributed by atoms with E-state index in [2.05, 4.69) is 4.74 Å². The first-order valence-electron chi connectivity index (χ1n) is 6.97. The van der Waals surface area contributed by atoms with E-state index in [4.69, 9.17) is 4.18 Å². The molecule has 0 aliphatic rings. The van der Waals surface area contributed by atoms with Gasteiger partial charge in [-0.2, -0.15) is 8.42 Å². The van der Waals surface area contributed by atoms with Crippen LogP contribution in [0.1, 0.15) is 27.0 Å². The molecule has 0 N–H and O–H groups in total. The minimum absolute atomic E-state index is 0.284. The van der Waals surface area contributed by atoms with Crippen molar-refractivity contribution in [1.29, 1.82) is 0 Å². The summed E-state index contributed by atoms with van der Waals surface area (Å²) in [5.74, 6) is -0.559. The lowest BCUT2D eigenvalue weighted by Gasteiger charge is -2.09. The van der Waals surface area contributed by atoms with E-state index in [9.17, 15) is 13.2 Å². The second-order valence-electron chi connectivity index (χ2n) is 5.30. The van der Waals surface area contributed by atoms with E-state index in [1.807, 2.05) is 19.9 Å². The monoisotopic (exact) mass is 334 g/mol. The van der Waals surface area contributed by atoms with Crippen LogP contribution < -0.4 is 4.18 Å². The molecule has 0 aliphatic heterocycles. The maximum atomic E-state index is 12.2. The highest BCUT2D eigenvalue weighted by molar-refractivity contribution is 7.86. The van der Waals surface area contributed by atoms with Crippen LogP contribution in [0.3, 0.4) is 0 Å². The lowest BCUT2D eigenvalue weighted by molar-refractivity contribution is 0.0600. The van der Waals surface area contributed by atoms with Crippen LogP contribution in [0.4, 0.5) is 0 Å². The number of esters is 1. The Labute approximate surface area is 136 Å². The van der Waals surface area contributed by atoms with Crippen LogP contribution in [0, 0.1) is 13.8 Å². The van der Waals surface area contributed by atoms with E-state index >= 15 is 0 Å². The average molecular weight is 334 g/mol. The largest absolute Gasteiger partial charge is 0.465 e. The molecule has 0 saturated heterocycles. The van der Waals surface area contributed by atoms with Gasteiger partial charge in [0.2, 0.25) is 0 Å². The van der Waals surface area contributed by atoms with Crippen molar-refractivity contribution in [3.05, 3.63) is 64.7 Å². The van der Waals surface area contributed by atoms with Crippen molar-refractivity contribution < 1.29 is 22.1 Å². The molecule has 0 aliphatic carbocycles. The summed E-state index contributed by atoms with van der Waals surface area (Å²) in [6.07, 6.45) is 0. The van der Waals surface area contributed by atoms with Crippen molar-refractivity contribution in [2.24, 2.45) is 0 Å². The summed E-state index contributed by atoms with van der Waals surface area (Å²) in [5, 5.41) is 0. The molecule has 0 heterocycles. The molecule has 2 aromatic rings. The quantitative estimate of drug-likeness (QED) is 0.621. The normalized spacial score (nSPS) is 11.1. The summed E-state index contributed by atoms with van der Waals surface area (Å²) in [5.41, 5.74) is 2.59. The number of hydrogen-bond donors (Lipinski definition) is 0. The van der Waals surface area contributed by atoms with E-state index < -0.39 is 16.1 Å². The van der Waals surface area contributed by atoms with Crippen LogP contribution in [0.2, 0.25) is 0 Å². The third-order valence-corrected chi connectivity index (χ3v) is 4.24. The summed E-state index contributed by atoms with van der Waals surface area (Å²) >= 11 is 0. The number of ether oxygens (including phenoxy) is 1. The molecule has 2 rings (SSSR count). The molecule has 0 spiro atoms. The number of rotatable bonds is 5. The lowest BCUT2D eigenvalue weighted by atomic mass is 10.1. The summed E-state index contributed by atoms with van der Waals surface area (Å²) < 4.78 is 34.2. The molecule has 0 bridgehead atoms. The molecule has 0 unspecified atom stereocenters. The van der Waals surface area contributed by atoms with Gasteiger partial charge in [-0.15, -0.1) is 0 Å². The van der Waals surface area contributed by atoms with Gasteiger partial charge in [-0.1, -0.05) is 18.2 Å². The van der Waals surface area contributed by atoms with E-state index in [0.29, 0.717) is 11.1 Å². The molecule has 0 radical (unpaired) electrons. The third kappa shape index (κ3) is 4.82. The zero-order chi connectivity index (χ0) is 17.0. The van der Waals surface area contributed by atoms with Gasteiger partial charge in [0.1, 0.15) is 11.5 Å². The Hall–Kier alpha value is -2.34. The molecular formula is C17H18O5S. The molecule has 5 nitrogen and oxygen atoms in total. The number of benzene rings is 2. The van der Waals surface area contributed by atoms with Crippen molar-refractivity contribution in [2.75, 3.05) is 7.11 Å². The fraction of sp³-hybridized carbons (Fsp3) is 0.235. The minimum Gasteiger partial charge on any atom is -0.465 e. The summed E-state index contributed by atoms with van der Waals surface area (Å²) in [4.78, 5) is 11.5. The highest BCUT2D eigenvalue weighted by atomic mass is 32.2. The smallest absolute Gasteiger partial charge is 0.337 e. The molecule has 23 heavy (non-hydrogen) atoms. The van der Waals surface area contributed by atoms with Crippen LogP contribution in [0.15, 0.2) is 42.5 Å². The maximum absolute atomic E-state index is 12.2. The minimum atomic E-state index is -3.82. The predicted molar refractivity (Wildman–Crippen MR) is 86.9 cm³/mol. The molecule has 122 valence electrons. The standard InChI is InChI=1S/C17H18O5S/c1-12-7-13(2)9-16(8-12)22-23(19,20)11-14-5-4-6-15(10-14)17(18)21-3/h4-10H,11H2,1-3H3. The Morgan fingerprint density at radius 3 is 2.30 bits per heavy atom. The fourth-order valence-corrected chi connectivity index (χ4v) is 3.30. The molecule has 0 fully saturated rings. The zero-order valence-electron chi connectivity index (χ0n) is 13.2. The lowest BCUT2D eigenvalue weighted by Crippen LogP contribution is -2.13. The highest BCUT2D eigenvalue weighted by Crippen LogP contribution is 2.20. The first kappa shape index (κ1) is 17.0. The number of carbonyl (C=O) groups excluding carboxylic acids is 1. The van der Waals surface area contributed by atoms with Crippen molar-refractivity contribution >= 4 is 16.1 Å². The van der Waals surface area contributed by atoms with Crippen LogP contribution in [-0.2, 0) is 20.6 Å². The van der Waals surface area contributed by atoms with Gasteiger partial charge in [0.25, 0.3) is 0 Å². The van der Waals surface area contributed by atoms with Gasteiger partial charge in [0.05, 0.1) is 12.7 Å².